The van der Waals surface area contributed by atoms with Gasteiger partial charge in [0.25, 0.3) is 0 Å². The summed E-state index contributed by atoms with van der Waals surface area (Å²) in [5.74, 6) is -0.259. The zero-order valence-electron chi connectivity index (χ0n) is 26.0. The molecule has 2 amide bonds. The molecule has 0 aromatic heterocycles. The lowest BCUT2D eigenvalue weighted by Crippen LogP contribution is -2.47. The number of thioether (sulfide) groups is 1. The van der Waals surface area contributed by atoms with Gasteiger partial charge in [-0.3, -0.25) is 14.4 Å². The standard InChI is InChI=1S/C33H54N2O5S/c1-6-7-8-9-10-11-12-13-14-15-16-17-18-20-28(2)21-19-22-30(37)40-27-33(3,4)31(38)32(39)35-24-23-29(36)34-25-26-41-5/h7-8,10-11,13-14,16-17,20,31,38H,6,9,12,15,18-19,21-27H2,1-5H3,(H,34,36)(H,35,39)/b8-7-,11-10-,14-13-,17-16-,28-20-/t31-/m0/s1. The summed E-state index contributed by atoms with van der Waals surface area (Å²) in [7, 11) is 0. The van der Waals surface area contributed by atoms with Gasteiger partial charge in [0.05, 0.1) is 6.61 Å². The van der Waals surface area contributed by atoms with Crippen LogP contribution in [0.25, 0.3) is 0 Å². The number of amides is 2. The quantitative estimate of drug-likeness (QED) is 0.0742. The number of hydrogen-bond donors (Lipinski definition) is 3. The van der Waals surface area contributed by atoms with Gasteiger partial charge < -0.3 is 20.5 Å². The number of allylic oxidation sites excluding steroid dienone is 10. The van der Waals surface area contributed by atoms with Crippen molar-refractivity contribution in [1.29, 1.82) is 0 Å². The lowest BCUT2D eigenvalue weighted by molar-refractivity contribution is -0.153. The number of ether oxygens (including phenoxy) is 1. The van der Waals surface area contributed by atoms with Crippen LogP contribution in [-0.4, -0.2) is 60.7 Å². The van der Waals surface area contributed by atoms with Gasteiger partial charge in [-0.25, -0.2) is 0 Å². The van der Waals surface area contributed by atoms with Crippen molar-refractivity contribution in [2.75, 3.05) is 31.7 Å². The van der Waals surface area contributed by atoms with Crippen LogP contribution in [0.5, 0.6) is 0 Å². The van der Waals surface area contributed by atoms with Crippen molar-refractivity contribution in [3.05, 3.63) is 60.3 Å². The van der Waals surface area contributed by atoms with E-state index in [9.17, 15) is 19.5 Å². The van der Waals surface area contributed by atoms with E-state index in [2.05, 4.69) is 79.2 Å². The lowest BCUT2D eigenvalue weighted by atomic mass is 9.87. The van der Waals surface area contributed by atoms with Crippen molar-refractivity contribution in [1.82, 2.24) is 10.6 Å². The third-order valence-corrected chi connectivity index (χ3v) is 6.76. The minimum absolute atomic E-state index is 0.0732. The summed E-state index contributed by atoms with van der Waals surface area (Å²) in [6, 6.07) is 0. The van der Waals surface area contributed by atoms with Crippen LogP contribution < -0.4 is 10.6 Å². The first-order chi connectivity index (χ1) is 19.6. The Morgan fingerprint density at radius 1 is 0.854 bits per heavy atom. The highest BCUT2D eigenvalue weighted by Gasteiger charge is 2.34. The highest BCUT2D eigenvalue weighted by atomic mass is 32.2. The highest BCUT2D eigenvalue weighted by molar-refractivity contribution is 7.98. The number of carbonyl (C=O) groups excluding carboxylic acids is 3. The van der Waals surface area contributed by atoms with Crippen LogP contribution in [-0.2, 0) is 19.1 Å². The fourth-order valence-corrected chi connectivity index (χ4v) is 3.81. The normalized spacial score (nSPS) is 13.5. The zero-order chi connectivity index (χ0) is 30.8. The van der Waals surface area contributed by atoms with Crippen molar-refractivity contribution in [3.63, 3.8) is 0 Å². The Morgan fingerprint density at radius 2 is 1.44 bits per heavy atom. The molecule has 0 aliphatic heterocycles. The minimum atomic E-state index is -1.36. The number of nitrogens with one attached hydrogen (secondary N) is 2. The Labute approximate surface area is 253 Å². The summed E-state index contributed by atoms with van der Waals surface area (Å²) in [5.41, 5.74) is 0.269. The van der Waals surface area contributed by atoms with E-state index in [4.69, 9.17) is 4.74 Å². The molecule has 41 heavy (non-hydrogen) atoms. The number of aliphatic hydroxyl groups is 1. The molecule has 3 N–H and O–H groups in total. The molecule has 0 unspecified atom stereocenters. The van der Waals surface area contributed by atoms with E-state index in [-0.39, 0.29) is 37.9 Å². The molecule has 0 fully saturated rings. The Bertz CT molecular complexity index is 890. The maximum absolute atomic E-state index is 12.3. The molecule has 0 aromatic rings. The number of hydrogen-bond acceptors (Lipinski definition) is 6. The van der Waals surface area contributed by atoms with Gasteiger partial charge in [-0.05, 0) is 58.1 Å². The molecule has 0 saturated heterocycles. The molecule has 8 heteroatoms. The van der Waals surface area contributed by atoms with E-state index in [1.54, 1.807) is 25.6 Å². The number of esters is 1. The van der Waals surface area contributed by atoms with Crippen molar-refractivity contribution in [3.8, 4) is 0 Å². The third-order valence-electron chi connectivity index (χ3n) is 6.15. The molecule has 0 aliphatic carbocycles. The van der Waals surface area contributed by atoms with Crippen LogP contribution in [0.15, 0.2) is 60.3 Å². The van der Waals surface area contributed by atoms with Crippen LogP contribution in [0.2, 0.25) is 0 Å². The Kier molecular flexibility index (Phi) is 23.6. The van der Waals surface area contributed by atoms with E-state index in [1.165, 1.54) is 5.57 Å². The molecule has 0 bridgehead atoms. The Morgan fingerprint density at radius 3 is 2.02 bits per heavy atom. The molecule has 0 aliphatic rings. The summed E-state index contributed by atoms with van der Waals surface area (Å²) in [4.78, 5) is 36.2. The molecular weight excluding hydrogens is 536 g/mol. The summed E-state index contributed by atoms with van der Waals surface area (Å²) < 4.78 is 5.35. The largest absolute Gasteiger partial charge is 0.465 e. The Hall–Kier alpha value is -2.58. The van der Waals surface area contributed by atoms with Gasteiger partial charge in [0, 0.05) is 37.1 Å². The van der Waals surface area contributed by atoms with Gasteiger partial charge in [0.15, 0.2) is 0 Å². The molecule has 7 nitrogen and oxygen atoms in total. The second kappa shape index (κ2) is 25.2. The molecule has 0 heterocycles. The van der Waals surface area contributed by atoms with Crippen molar-refractivity contribution < 1.29 is 24.2 Å². The predicted octanol–water partition coefficient (Wildman–Crippen LogP) is 6.21. The van der Waals surface area contributed by atoms with Gasteiger partial charge in [-0.2, -0.15) is 11.8 Å². The number of aliphatic hydroxyl groups excluding tert-OH is 1. The third kappa shape index (κ3) is 22.8. The molecule has 0 radical (unpaired) electrons. The maximum atomic E-state index is 12.3. The molecule has 1 atom stereocenters. The van der Waals surface area contributed by atoms with Gasteiger partial charge in [-0.1, -0.05) is 81.0 Å². The van der Waals surface area contributed by atoms with Crippen LogP contribution in [0.4, 0.5) is 0 Å². The van der Waals surface area contributed by atoms with Gasteiger partial charge in [0.2, 0.25) is 11.8 Å². The van der Waals surface area contributed by atoms with Crippen molar-refractivity contribution >= 4 is 29.5 Å². The van der Waals surface area contributed by atoms with Crippen molar-refractivity contribution in [2.45, 2.75) is 91.6 Å². The van der Waals surface area contributed by atoms with E-state index in [1.807, 2.05) is 6.26 Å². The summed E-state index contributed by atoms with van der Waals surface area (Å²) in [5, 5.41) is 15.8. The minimum Gasteiger partial charge on any atom is -0.465 e. The molecule has 0 rings (SSSR count). The number of carbonyl (C=O) groups is 3. The fourth-order valence-electron chi connectivity index (χ4n) is 3.51. The van der Waals surface area contributed by atoms with E-state index in [0.717, 1.165) is 44.3 Å². The van der Waals surface area contributed by atoms with E-state index < -0.39 is 17.4 Å². The van der Waals surface area contributed by atoms with Gasteiger partial charge >= 0.3 is 5.97 Å². The second-order valence-electron chi connectivity index (χ2n) is 10.6. The van der Waals surface area contributed by atoms with E-state index in [0.29, 0.717) is 13.0 Å². The summed E-state index contributed by atoms with van der Waals surface area (Å²) in [6.07, 6.45) is 26.9. The molecule has 0 spiro atoms. The van der Waals surface area contributed by atoms with Gasteiger partial charge in [0.1, 0.15) is 6.10 Å². The maximum Gasteiger partial charge on any atom is 0.305 e. The first-order valence-electron chi connectivity index (χ1n) is 14.8. The smallest absolute Gasteiger partial charge is 0.305 e. The van der Waals surface area contributed by atoms with Crippen LogP contribution in [0, 0.1) is 5.41 Å². The van der Waals surface area contributed by atoms with Crippen molar-refractivity contribution in [2.24, 2.45) is 5.41 Å². The average Bonchev–Trinajstić information content (AvgIpc) is 2.94. The molecule has 0 aromatic carbocycles. The first kappa shape index (κ1) is 38.4. The Balaban J connectivity index is 4.12. The summed E-state index contributed by atoms with van der Waals surface area (Å²) in [6.45, 7) is 8.17. The average molecular weight is 591 g/mol. The molecular formula is C33H54N2O5S. The lowest BCUT2D eigenvalue weighted by Gasteiger charge is -2.29. The van der Waals surface area contributed by atoms with Crippen LogP contribution in [0.1, 0.15) is 85.5 Å². The van der Waals surface area contributed by atoms with Gasteiger partial charge in [-0.15, -0.1) is 0 Å². The monoisotopic (exact) mass is 590 g/mol. The predicted molar refractivity (Wildman–Crippen MR) is 173 cm³/mol. The van der Waals surface area contributed by atoms with E-state index >= 15 is 0 Å². The van der Waals surface area contributed by atoms with Crippen LogP contribution >= 0.6 is 11.8 Å². The fraction of sp³-hybridized carbons (Fsp3) is 0.606. The molecule has 0 saturated carbocycles. The SMILES string of the molecule is CC/C=C\C/C=C\C/C=C\C/C=C\C/C=C(/C)CCCC(=O)OCC(C)(C)[C@@H](O)C(=O)NCCC(=O)NCCSC. The summed E-state index contributed by atoms with van der Waals surface area (Å²) >= 11 is 1.64. The zero-order valence-corrected chi connectivity index (χ0v) is 26.8. The topological polar surface area (TPSA) is 105 Å². The molecule has 232 valence electrons. The first-order valence-corrected chi connectivity index (χ1v) is 16.2. The second-order valence-corrected chi connectivity index (χ2v) is 11.6. The number of rotatable bonds is 23. The van der Waals surface area contributed by atoms with Crippen LogP contribution in [0.3, 0.4) is 0 Å². The highest BCUT2D eigenvalue weighted by Crippen LogP contribution is 2.22.